The third-order valence-corrected chi connectivity index (χ3v) is 5.17. The van der Waals surface area contributed by atoms with E-state index in [1.165, 1.54) is 50.5 Å². The van der Waals surface area contributed by atoms with Crippen molar-refractivity contribution in [3.63, 3.8) is 0 Å². The van der Waals surface area contributed by atoms with Gasteiger partial charge in [-0.2, -0.15) is 0 Å². The summed E-state index contributed by atoms with van der Waals surface area (Å²) in [6.07, 6.45) is 9.67. The van der Waals surface area contributed by atoms with Gasteiger partial charge in [0.05, 0.1) is 11.1 Å². The van der Waals surface area contributed by atoms with E-state index >= 15 is 0 Å². The zero-order valence-electron chi connectivity index (χ0n) is 13.3. The van der Waals surface area contributed by atoms with Gasteiger partial charge in [-0.3, -0.25) is 0 Å². The van der Waals surface area contributed by atoms with Crippen molar-refractivity contribution in [3.8, 4) is 5.75 Å². The number of nitrogens with one attached hydrogen (secondary N) is 1. The first-order valence-corrected chi connectivity index (χ1v) is 9.15. The SMILES string of the molecule is CCOc1ccc(C(NC)C2CCCCCCC2)cc1Br. The highest BCUT2D eigenvalue weighted by atomic mass is 79.9. The van der Waals surface area contributed by atoms with Gasteiger partial charge in [0.1, 0.15) is 5.75 Å². The van der Waals surface area contributed by atoms with Crippen LogP contribution in [0.4, 0.5) is 0 Å². The van der Waals surface area contributed by atoms with E-state index in [2.05, 4.69) is 46.5 Å². The molecule has 21 heavy (non-hydrogen) atoms. The summed E-state index contributed by atoms with van der Waals surface area (Å²) in [6.45, 7) is 2.72. The van der Waals surface area contributed by atoms with Crippen molar-refractivity contribution in [2.24, 2.45) is 5.92 Å². The van der Waals surface area contributed by atoms with Crippen LogP contribution in [-0.4, -0.2) is 13.7 Å². The van der Waals surface area contributed by atoms with Crippen molar-refractivity contribution < 1.29 is 4.74 Å². The number of hydrogen-bond acceptors (Lipinski definition) is 2. The second-order valence-corrected chi connectivity index (χ2v) is 6.85. The van der Waals surface area contributed by atoms with Crippen LogP contribution < -0.4 is 10.1 Å². The molecule has 0 bridgehead atoms. The third kappa shape index (κ3) is 4.72. The Balaban J connectivity index is 2.13. The molecule has 0 heterocycles. The Morgan fingerprint density at radius 2 is 1.86 bits per heavy atom. The molecule has 1 N–H and O–H groups in total. The van der Waals surface area contributed by atoms with Crippen molar-refractivity contribution in [3.05, 3.63) is 28.2 Å². The maximum absolute atomic E-state index is 5.62. The molecule has 0 saturated heterocycles. The van der Waals surface area contributed by atoms with E-state index in [0.29, 0.717) is 12.6 Å². The van der Waals surface area contributed by atoms with E-state index < -0.39 is 0 Å². The molecule has 2 rings (SSSR count). The Kier molecular flexibility index (Phi) is 7.05. The Labute approximate surface area is 137 Å². The van der Waals surface area contributed by atoms with Crippen molar-refractivity contribution in [2.75, 3.05) is 13.7 Å². The largest absolute Gasteiger partial charge is 0.493 e. The lowest BCUT2D eigenvalue weighted by Gasteiger charge is -2.29. The summed E-state index contributed by atoms with van der Waals surface area (Å²) in [5.41, 5.74) is 1.37. The molecule has 1 atom stereocenters. The molecule has 1 aliphatic carbocycles. The Morgan fingerprint density at radius 3 is 2.43 bits per heavy atom. The standard InChI is InChI=1S/C18H28BrNO/c1-3-21-17-12-11-15(13-16(17)19)18(20-2)14-9-7-5-4-6-8-10-14/h11-14,18,20H,3-10H2,1-2H3. The second-order valence-electron chi connectivity index (χ2n) is 5.99. The zero-order valence-corrected chi connectivity index (χ0v) is 14.9. The summed E-state index contributed by atoms with van der Waals surface area (Å²) in [5, 5.41) is 3.55. The fourth-order valence-electron chi connectivity index (χ4n) is 3.48. The predicted molar refractivity (Wildman–Crippen MR) is 92.9 cm³/mol. The van der Waals surface area contributed by atoms with E-state index in [4.69, 9.17) is 4.74 Å². The molecule has 0 radical (unpaired) electrons. The number of halogens is 1. The number of ether oxygens (including phenoxy) is 1. The highest BCUT2D eigenvalue weighted by Crippen LogP contribution is 2.35. The molecule has 1 fully saturated rings. The van der Waals surface area contributed by atoms with Gasteiger partial charge in [-0.25, -0.2) is 0 Å². The van der Waals surface area contributed by atoms with Gasteiger partial charge in [0.15, 0.2) is 0 Å². The molecule has 0 aromatic heterocycles. The van der Waals surface area contributed by atoms with Crippen LogP contribution in [0.2, 0.25) is 0 Å². The lowest BCUT2D eigenvalue weighted by atomic mass is 9.83. The smallest absolute Gasteiger partial charge is 0.133 e. The maximum Gasteiger partial charge on any atom is 0.133 e. The van der Waals surface area contributed by atoms with Gasteiger partial charge >= 0.3 is 0 Å². The molecule has 1 aliphatic rings. The average molecular weight is 354 g/mol. The van der Waals surface area contributed by atoms with Crippen LogP contribution in [0.25, 0.3) is 0 Å². The predicted octanol–water partition coefficient (Wildman–Crippen LogP) is 5.47. The summed E-state index contributed by atoms with van der Waals surface area (Å²) >= 11 is 3.64. The highest BCUT2D eigenvalue weighted by Gasteiger charge is 2.23. The van der Waals surface area contributed by atoms with Crippen LogP contribution in [0.5, 0.6) is 5.75 Å². The molecule has 1 unspecified atom stereocenters. The van der Waals surface area contributed by atoms with Crippen molar-refractivity contribution >= 4 is 15.9 Å². The minimum atomic E-state index is 0.454. The van der Waals surface area contributed by atoms with Gasteiger partial charge in [-0.05, 0) is 66.4 Å². The van der Waals surface area contributed by atoms with Crippen LogP contribution in [0.3, 0.4) is 0 Å². The number of rotatable bonds is 5. The van der Waals surface area contributed by atoms with E-state index in [9.17, 15) is 0 Å². The number of hydrogen-bond donors (Lipinski definition) is 1. The maximum atomic E-state index is 5.62. The van der Waals surface area contributed by atoms with Crippen molar-refractivity contribution in [1.82, 2.24) is 5.32 Å². The first-order chi connectivity index (χ1) is 10.3. The fraction of sp³-hybridized carbons (Fsp3) is 0.667. The molecule has 1 aromatic carbocycles. The second kappa shape index (κ2) is 8.79. The molecule has 0 aliphatic heterocycles. The summed E-state index contributed by atoms with van der Waals surface area (Å²) in [6, 6.07) is 6.99. The minimum absolute atomic E-state index is 0.454. The monoisotopic (exact) mass is 353 g/mol. The van der Waals surface area contributed by atoms with E-state index in [1.807, 2.05) is 6.92 Å². The summed E-state index contributed by atoms with van der Waals surface area (Å²) in [5.74, 6) is 1.69. The first-order valence-electron chi connectivity index (χ1n) is 8.35. The lowest BCUT2D eigenvalue weighted by Crippen LogP contribution is -2.26. The van der Waals surface area contributed by atoms with Crippen LogP contribution in [0.15, 0.2) is 22.7 Å². The first kappa shape index (κ1) is 16.8. The number of benzene rings is 1. The normalized spacial score (nSPS) is 18.8. The van der Waals surface area contributed by atoms with Crippen LogP contribution in [0.1, 0.15) is 63.5 Å². The van der Waals surface area contributed by atoms with Gasteiger partial charge < -0.3 is 10.1 Å². The Hall–Kier alpha value is -0.540. The van der Waals surface area contributed by atoms with Gasteiger partial charge in [0.25, 0.3) is 0 Å². The lowest BCUT2D eigenvalue weighted by molar-refractivity contribution is 0.298. The molecule has 2 nitrogen and oxygen atoms in total. The van der Waals surface area contributed by atoms with E-state index in [-0.39, 0.29) is 0 Å². The van der Waals surface area contributed by atoms with Gasteiger partial charge in [0.2, 0.25) is 0 Å². The van der Waals surface area contributed by atoms with E-state index in [0.717, 1.165) is 16.1 Å². The molecule has 1 saturated carbocycles. The van der Waals surface area contributed by atoms with Crippen LogP contribution in [0, 0.1) is 5.92 Å². The Bertz CT molecular complexity index is 427. The zero-order chi connectivity index (χ0) is 15.1. The minimum Gasteiger partial charge on any atom is -0.493 e. The third-order valence-electron chi connectivity index (χ3n) is 4.55. The van der Waals surface area contributed by atoms with Gasteiger partial charge in [-0.1, -0.05) is 38.2 Å². The molecular formula is C18H28BrNO. The molecular weight excluding hydrogens is 326 g/mol. The average Bonchev–Trinajstić information content (AvgIpc) is 2.44. The quantitative estimate of drug-likeness (QED) is 0.757. The van der Waals surface area contributed by atoms with Crippen LogP contribution >= 0.6 is 15.9 Å². The fourth-order valence-corrected chi connectivity index (χ4v) is 3.99. The summed E-state index contributed by atoms with van der Waals surface area (Å²) in [7, 11) is 2.09. The summed E-state index contributed by atoms with van der Waals surface area (Å²) < 4.78 is 6.68. The van der Waals surface area contributed by atoms with Crippen molar-refractivity contribution in [2.45, 2.75) is 57.9 Å². The van der Waals surface area contributed by atoms with Crippen molar-refractivity contribution in [1.29, 1.82) is 0 Å². The molecule has 1 aromatic rings. The molecule has 0 spiro atoms. The van der Waals surface area contributed by atoms with E-state index in [1.54, 1.807) is 0 Å². The van der Waals surface area contributed by atoms with Crippen LogP contribution in [-0.2, 0) is 0 Å². The van der Waals surface area contributed by atoms with Gasteiger partial charge in [0, 0.05) is 6.04 Å². The van der Waals surface area contributed by atoms with Gasteiger partial charge in [-0.15, -0.1) is 0 Å². The summed E-state index contributed by atoms with van der Waals surface area (Å²) in [4.78, 5) is 0. The Morgan fingerprint density at radius 1 is 1.19 bits per heavy atom. The highest BCUT2D eigenvalue weighted by molar-refractivity contribution is 9.10. The topological polar surface area (TPSA) is 21.3 Å². The molecule has 0 amide bonds. The molecule has 3 heteroatoms. The molecule has 118 valence electrons.